The van der Waals surface area contributed by atoms with Crippen LogP contribution < -0.4 is 5.32 Å². The molecule has 1 N–H and O–H groups in total. The van der Waals surface area contributed by atoms with Crippen LogP contribution >= 0.6 is 0 Å². The fourth-order valence-electron chi connectivity index (χ4n) is 3.30. The molecule has 0 aliphatic carbocycles. The summed E-state index contributed by atoms with van der Waals surface area (Å²) in [6, 6.07) is 21.3. The number of anilines is 1. The maximum absolute atomic E-state index is 12.6. The standard InChI is InChI=1S/C23H18N2O3/c1-15-6-4-9-18(12-15)24-21(26)17-8-5-7-16(13-17)14-25-22(27)19-10-2-3-11-20(19)23(25)28/h2-13H,14H2,1H3,(H,24,26). The largest absolute Gasteiger partial charge is 0.322 e. The first-order valence-corrected chi connectivity index (χ1v) is 8.95. The van der Waals surface area contributed by atoms with Gasteiger partial charge in [-0.05, 0) is 54.4 Å². The van der Waals surface area contributed by atoms with Crippen molar-refractivity contribution >= 4 is 23.4 Å². The van der Waals surface area contributed by atoms with Crippen molar-refractivity contribution in [3.63, 3.8) is 0 Å². The van der Waals surface area contributed by atoms with E-state index in [1.54, 1.807) is 48.5 Å². The van der Waals surface area contributed by atoms with E-state index >= 15 is 0 Å². The number of nitrogens with zero attached hydrogens (tertiary/aromatic N) is 1. The average Bonchev–Trinajstić information content (AvgIpc) is 2.93. The fourth-order valence-corrected chi connectivity index (χ4v) is 3.30. The molecule has 1 aliphatic heterocycles. The Morgan fingerprint density at radius 3 is 2.21 bits per heavy atom. The maximum Gasteiger partial charge on any atom is 0.261 e. The van der Waals surface area contributed by atoms with Gasteiger partial charge in [0.15, 0.2) is 0 Å². The Labute approximate surface area is 162 Å². The highest BCUT2D eigenvalue weighted by atomic mass is 16.2. The molecule has 138 valence electrons. The molecule has 0 aromatic heterocycles. The second-order valence-corrected chi connectivity index (χ2v) is 6.77. The first-order chi connectivity index (χ1) is 13.5. The highest BCUT2D eigenvalue weighted by Gasteiger charge is 2.34. The van der Waals surface area contributed by atoms with Gasteiger partial charge >= 0.3 is 0 Å². The Kier molecular flexibility index (Phi) is 4.49. The number of carbonyl (C=O) groups excluding carboxylic acids is 3. The van der Waals surface area contributed by atoms with Crippen LogP contribution in [0.15, 0.2) is 72.8 Å². The third kappa shape index (κ3) is 3.30. The van der Waals surface area contributed by atoms with Crippen LogP contribution in [0, 0.1) is 6.92 Å². The summed E-state index contributed by atoms with van der Waals surface area (Å²) in [4.78, 5) is 38.8. The van der Waals surface area contributed by atoms with Gasteiger partial charge in [-0.1, -0.05) is 36.4 Å². The number of imide groups is 1. The number of rotatable bonds is 4. The van der Waals surface area contributed by atoms with Crippen molar-refractivity contribution < 1.29 is 14.4 Å². The van der Waals surface area contributed by atoms with Gasteiger partial charge in [0, 0.05) is 11.3 Å². The Morgan fingerprint density at radius 1 is 0.857 bits per heavy atom. The lowest BCUT2D eigenvalue weighted by Crippen LogP contribution is -2.29. The summed E-state index contributed by atoms with van der Waals surface area (Å²) in [6.07, 6.45) is 0. The minimum atomic E-state index is -0.310. The van der Waals surface area contributed by atoms with Crippen molar-refractivity contribution in [2.24, 2.45) is 0 Å². The van der Waals surface area contributed by atoms with Gasteiger partial charge in [0.2, 0.25) is 0 Å². The van der Waals surface area contributed by atoms with Gasteiger partial charge in [0.05, 0.1) is 17.7 Å². The van der Waals surface area contributed by atoms with Crippen LogP contribution in [0.1, 0.15) is 42.2 Å². The molecule has 0 saturated heterocycles. The molecule has 3 aromatic carbocycles. The summed E-state index contributed by atoms with van der Waals surface area (Å²) in [7, 11) is 0. The Hall–Kier alpha value is -3.73. The van der Waals surface area contributed by atoms with E-state index in [0.29, 0.717) is 22.3 Å². The predicted molar refractivity (Wildman–Crippen MR) is 106 cm³/mol. The summed E-state index contributed by atoms with van der Waals surface area (Å²) in [5.74, 6) is -0.861. The molecule has 0 unspecified atom stereocenters. The van der Waals surface area contributed by atoms with Crippen LogP contribution in [-0.2, 0) is 6.54 Å². The van der Waals surface area contributed by atoms with Crippen molar-refractivity contribution in [1.29, 1.82) is 0 Å². The number of carbonyl (C=O) groups is 3. The second-order valence-electron chi connectivity index (χ2n) is 6.77. The van der Waals surface area contributed by atoms with Crippen molar-refractivity contribution in [1.82, 2.24) is 4.90 Å². The Morgan fingerprint density at radius 2 is 1.54 bits per heavy atom. The molecular weight excluding hydrogens is 352 g/mol. The number of amides is 3. The molecule has 0 fully saturated rings. The molecule has 1 aliphatic rings. The lowest BCUT2D eigenvalue weighted by molar-refractivity contribution is 0.0642. The molecule has 5 heteroatoms. The quantitative estimate of drug-likeness (QED) is 0.705. The van der Waals surface area contributed by atoms with Crippen LogP contribution in [0.2, 0.25) is 0 Å². The lowest BCUT2D eigenvalue weighted by Gasteiger charge is -2.14. The third-order valence-electron chi connectivity index (χ3n) is 4.68. The van der Waals surface area contributed by atoms with Gasteiger partial charge in [-0.3, -0.25) is 19.3 Å². The van der Waals surface area contributed by atoms with E-state index in [-0.39, 0.29) is 24.3 Å². The van der Waals surface area contributed by atoms with E-state index in [4.69, 9.17) is 0 Å². The molecule has 4 rings (SSSR count). The monoisotopic (exact) mass is 370 g/mol. The number of fused-ring (bicyclic) bond motifs is 1. The van der Waals surface area contributed by atoms with Gasteiger partial charge in [-0.2, -0.15) is 0 Å². The zero-order valence-corrected chi connectivity index (χ0v) is 15.3. The van der Waals surface area contributed by atoms with Gasteiger partial charge in [-0.25, -0.2) is 0 Å². The third-order valence-corrected chi connectivity index (χ3v) is 4.68. The van der Waals surface area contributed by atoms with E-state index in [9.17, 15) is 14.4 Å². The summed E-state index contributed by atoms with van der Waals surface area (Å²) < 4.78 is 0. The highest BCUT2D eigenvalue weighted by Crippen LogP contribution is 2.24. The molecule has 0 saturated carbocycles. The number of nitrogens with one attached hydrogen (secondary N) is 1. The van der Waals surface area contributed by atoms with E-state index < -0.39 is 0 Å². The van der Waals surface area contributed by atoms with E-state index in [2.05, 4.69) is 5.32 Å². The van der Waals surface area contributed by atoms with Gasteiger partial charge in [-0.15, -0.1) is 0 Å². The van der Waals surface area contributed by atoms with Gasteiger partial charge in [0.1, 0.15) is 0 Å². The zero-order chi connectivity index (χ0) is 19.7. The first-order valence-electron chi connectivity index (χ1n) is 8.95. The zero-order valence-electron chi connectivity index (χ0n) is 15.3. The average molecular weight is 370 g/mol. The summed E-state index contributed by atoms with van der Waals surface area (Å²) in [5, 5.41) is 2.87. The van der Waals surface area contributed by atoms with Crippen molar-refractivity contribution in [2.45, 2.75) is 13.5 Å². The minimum absolute atomic E-state index is 0.123. The van der Waals surface area contributed by atoms with E-state index in [0.717, 1.165) is 11.3 Å². The number of aryl methyl sites for hydroxylation is 1. The van der Waals surface area contributed by atoms with Crippen molar-refractivity contribution in [3.8, 4) is 0 Å². The first kappa shape index (κ1) is 17.7. The van der Waals surface area contributed by atoms with Crippen LogP contribution in [-0.4, -0.2) is 22.6 Å². The van der Waals surface area contributed by atoms with E-state index in [1.807, 2.05) is 31.2 Å². The Bertz CT molecular complexity index is 1070. The summed E-state index contributed by atoms with van der Waals surface area (Å²) in [6.45, 7) is 2.08. The maximum atomic E-state index is 12.6. The van der Waals surface area contributed by atoms with Crippen molar-refractivity contribution in [3.05, 3.63) is 101 Å². The summed E-state index contributed by atoms with van der Waals surface area (Å²) >= 11 is 0. The lowest BCUT2D eigenvalue weighted by atomic mass is 10.1. The normalized spacial score (nSPS) is 12.8. The molecule has 3 amide bonds. The predicted octanol–water partition coefficient (Wildman–Crippen LogP) is 4.04. The topological polar surface area (TPSA) is 66.5 Å². The van der Waals surface area contributed by atoms with Gasteiger partial charge in [0.25, 0.3) is 17.7 Å². The molecule has 0 spiro atoms. The second kappa shape index (κ2) is 7.12. The van der Waals surface area contributed by atoms with Crippen LogP contribution in [0.3, 0.4) is 0 Å². The molecule has 0 bridgehead atoms. The number of hydrogen-bond donors (Lipinski definition) is 1. The molecule has 3 aromatic rings. The molecule has 28 heavy (non-hydrogen) atoms. The van der Waals surface area contributed by atoms with E-state index in [1.165, 1.54) is 4.90 Å². The van der Waals surface area contributed by atoms with Gasteiger partial charge < -0.3 is 5.32 Å². The molecule has 0 radical (unpaired) electrons. The van der Waals surface area contributed by atoms with Crippen LogP contribution in [0.25, 0.3) is 0 Å². The van der Waals surface area contributed by atoms with Crippen LogP contribution in [0.5, 0.6) is 0 Å². The molecule has 5 nitrogen and oxygen atoms in total. The van der Waals surface area contributed by atoms with Crippen LogP contribution in [0.4, 0.5) is 5.69 Å². The highest BCUT2D eigenvalue weighted by molar-refractivity contribution is 6.21. The number of benzene rings is 3. The molecular formula is C23H18N2O3. The minimum Gasteiger partial charge on any atom is -0.322 e. The fraction of sp³-hybridized carbons (Fsp3) is 0.0870. The molecule has 0 atom stereocenters. The number of hydrogen-bond acceptors (Lipinski definition) is 3. The Balaban J connectivity index is 1.52. The SMILES string of the molecule is Cc1cccc(NC(=O)c2cccc(CN3C(=O)c4ccccc4C3=O)c2)c1. The molecule has 1 heterocycles. The van der Waals surface area contributed by atoms with Crippen molar-refractivity contribution in [2.75, 3.05) is 5.32 Å². The summed E-state index contributed by atoms with van der Waals surface area (Å²) in [5.41, 5.74) is 3.79. The smallest absolute Gasteiger partial charge is 0.261 e.